The van der Waals surface area contributed by atoms with Crippen molar-refractivity contribution in [3.05, 3.63) is 114 Å². The Morgan fingerprint density at radius 1 is 1.05 bits per heavy atom. The minimum atomic E-state index is -1.46. The third-order valence-electron chi connectivity index (χ3n) is 6.58. The van der Waals surface area contributed by atoms with Crippen LogP contribution in [0.4, 0.5) is 8.78 Å². The van der Waals surface area contributed by atoms with E-state index in [0.29, 0.717) is 23.4 Å². The summed E-state index contributed by atoms with van der Waals surface area (Å²) in [5, 5.41) is 12.5. The summed E-state index contributed by atoms with van der Waals surface area (Å²) in [6.07, 6.45) is 9.23. The van der Waals surface area contributed by atoms with E-state index in [0.717, 1.165) is 16.7 Å². The molecule has 0 spiro atoms. The molecule has 4 rings (SSSR count). The molecule has 0 saturated carbocycles. The highest BCUT2D eigenvalue weighted by atomic mass is 32.2. The highest BCUT2D eigenvalue weighted by Crippen LogP contribution is 2.29. The summed E-state index contributed by atoms with van der Waals surface area (Å²) >= 11 is 1.49. The Bertz CT molecular complexity index is 1500. The van der Waals surface area contributed by atoms with Crippen molar-refractivity contribution in [2.24, 2.45) is 0 Å². The number of amides is 1. The molecule has 1 amide bonds. The number of thioether (sulfide) groups is 1. The third-order valence-corrected chi connectivity index (χ3v) is 7.19. The second-order valence-electron chi connectivity index (χ2n) is 9.56. The zero-order valence-corrected chi connectivity index (χ0v) is 22.9. The predicted octanol–water partition coefficient (Wildman–Crippen LogP) is 6.40. The first-order chi connectivity index (χ1) is 19.2. The Balaban J connectivity index is 1.78. The largest absolute Gasteiger partial charge is 0.480 e. The number of aromatic nitrogens is 2. The Kier molecular flexibility index (Phi) is 9.16. The van der Waals surface area contributed by atoms with Gasteiger partial charge in [-0.25, -0.2) is 18.6 Å². The Morgan fingerprint density at radius 3 is 2.33 bits per heavy atom. The molecular weight excluding hydrogens is 532 g/mol. The van der Waals surface area contributed by atoms with E-state index in [4.69, 9.17) is 0 Å². The van der Waals surface area contributed by atoms with Gasteiger partial charge >= 0.3 is 5.97 Å². The summed E-state index contributed by atoms with van der Waals surface area (Å²) in [5.74, 6) is -1.87. The smallest absolute Gasteiger partial charge is 0.329 e. The van der Waals surface area contributed by atoms with Gasteiger partial charge in [-0.2, -0.15) is 11.8 Å². The third kappa shape index (κ3) is 7.04. The van der Waals surface area contributed by atoms with Gasteiger partial charge < -0.3 is 15.0 Å². The number of benzene rings is 3. The van der Waals surface area contributed by atoms with Crippen molar-refractivity contribution in [3.63, 3.8) is 0 Å². The summed E-state index contributed by atoms with van der Waals surface area (Å²) in [6, 6.07) is 17.1. The first-order valence-corrected chi connectivity index (χ1v) is 13.9. The topological polar surface area (TPSA) is 84.2 Å². The quantitative estimate of drug-likeness (QED) is 0.207. The van der Waals surface area contributed by atoms with E-state index in [1.54, 1.807) is 55.0 Å². The number of hydrogen-bond donors (Lipinski definition) is 2. The maximum Gasteiger partial charge on any atom is 0.329 e. The van der Waals surface area contributed by atoms with Crippen molar-refractivity contribution in [3.8, 4) is 11.1 Å². The van der Waals surface area contributed by atoms with E-state index in [-0.39, 0.29) is 17.8 Å². The van der Waals surface area contributed by atoms with Gasteiger partial charge in [-0.05, 0) is 95.7 Å². The minimum absolute atomic E-state index is 0.247. The van der Waals surface area contributed by atoms with E-state index >= 15 is 0 Å². The lowest BCUT2D eigenvalue weighted by Crippen LogP contribution is -2.52. The molecule has 6 nitrogen and oxygen atoms in total. The SMILES string of the molecule is CSCC[C@@](C)(NC(=O)c1ccc(/C=C(/Cn2ccnc2)c2ccc(F)cc2)cc1-c1ccc(F)cc1)C(=O)O. The van der Waals surface area contributed by atoms with Crippen molar-refractivity contribution in [2.75, 3.05) is 12.0 Å². The van der Waals surface area contributed by atoms with Gasteiger partial charge in [0.25, 0.3) is 5.91 Å². The van der Waals surface area contributed by atoms with Gasteiger partial charge in [-0.15, -0.1) is 0 Å². The summed E-state index contributed by atoms with van der Waals surface area (Å²) < 4.78 is 29.3. The van der Waals surface area contributed by atoms with Crippen LogP contribution in [0.1, 0.15) is 34.8 Å². The minimum Gasteiger partial charge on any atom is -0.480 e. The molecule has 1 aromatic heterocycles. The number of nitrogens with zero attached hydrogens (tertiary/aromatic N) is 2. The van der Waals surface area contributed by atoms with Crippen molar-refractivity contribution in [1.29, 1.82) is 0 Å². The van der Waals surface area contributed by atoms with Crippen molar-refractivity contribution in [2.45, 2.75) is 25.4 Å². The molecule has 0 aliphatic carbocycles. The van der Waals surface area contributed by atoms with Gasteiger partial charge in [-0.1, -0.05) is 30.3 Å². The fourth-order valence-electron chi connectivity index (χ4n) is 4.23. The molecule has 4 aromatic rings. The zero-order chi connectivity index (χ0) is 28.7. The van der Waals surface area contributed by atoms with Crippen molar-refractivity contribution < 1.29 is 23.5 Å². The van der Waals surface area contributed by atoms with Crippen molar-refractivity contribution >= 4 is 35.3 Å². The molecule has 0 aliphatic rings. The molecule has 0 saturated heterocycles. The van der Waals surface area contributed by atoms with Gasteiger partial charge in [0.1, 0.15) is 17.2 Å². The molecule has 0 aliphatic heterocycles. The lowest BCUT2D eigenvalue weighted by Gasteiger charge is -2.26. The molecular formula is C31H29F2N3O3S. The highest BCUT2D eigenvalue weighted by molar-refractivity contribution is 7.98. The molecule has 3 aromatic carbocycles. The summed E-state index contributed by atoms with van der Waals surface area (Å²) in [5.41, 5.74) is 2.35. The van der Waals surface area contributed by atoms with E-state index < -0.39 is 23.2 Å². The summed E-state index contributed by atoms with van der Waals surface area (Å²) in [7, 11) is 0. The number of imidazole rings is 1. The van der Waals surface area contributed by atoms with Crippen LogP contribution in [0.25, 0.3) is 22.8 Å². The fourth-order valence-corrected chi connectivity index (χ4v) is 4.84. The van der Waals surface area contributed by atoms with Gasteiger partial charge in [0.2, 0.25) is 0 Å². The Hall–Kier alpha value is -4.24. The number of hydrogen-bond acceptors (Lipinski definition) is 4. The molecule has 206 valence electrons. The summed E-state index contributed by atoms with van der Waals surface area (Å²) in [4.78, 5) is 29.6. The average Bonchev–Trinajstić information content (AvgIpc) is 3.45. The summed E-state index contributed by atoms with van der Waals surface area (Å²) in [6.45, 7) is 1.95. The van der Waals surface area contributed by atoms with Crippen LogP contribution in [-0.4, -0.2) is 44.1 Å². The van der Waals surface area contributed by atoms with Crippen molar-refractivity contribution in [1.82, 2.24) is 14.9 Å². The number of allylic oxidation sites excluding steroid dienone is 1. The van der Waals surface area contributed by atoms with Crippen LogP contribution in [0.2, 0.25) is 0 Å². The number of rotatable bonds is 11. The van der Waals surface area contributed by atoms with Crippen LogP contribution in [-0.2, 0) is 11.3 Å². The molecule has 1 atom stereocenters. The number of carbonyl (C=O) groups excluding carboxylic acids is 1. The standard InChI is InChI=1S/C31H29F2N3O3S/c1-31(30(38)39,13-16-40-2)35-29(37)27-12-3-21(18-28(27)23-6-10-26(33)11-7-23)17-24(19-36-15-14-34-20-36)22-4-8-25(32)9-5-22/h3-12,14-15,17-18,20H,13,16,19H2,1-2H3,(H,35,37)(H,38,39)/b24-17-/t31-/m1/s1. The maximum atomic E-state index is 13.7. The van der Waals surface area contributed by atoms with Crippen LogP contribution in [0.3, 0.4) is 0 Å². The average molecular weight is 562 g/mol. The van der Waals surface area contributed by atoms with E-state index in [9.17, 15) is 23.5 Å². The van der Waals surface area contributed by atoms with Gasteiger partial charge in [0, 0.05) is 24.5 Å². The van der Waals surface area contributed by atoms with Crippen LogP contribution >= 0.6 is 11.8 Å². The molecule has 40 heavy (non-hydrogen) atoms. The van der Waals surface area contributed by atoms with Gasteiger partial charge in [0.15, 0.2) is 0 Å². The van der Waals surface area contributed by atoms with E-state index in [1.807, 2.05) is 23.1 Å². The highest BCUT2D eigenvalue weighted by Gasteiger charge is 2.35. The first kappa shape index (κ1) is 28.8. The zero-order valence-electron chi connectivity index (χ0n) is 22.1. The number of halogens is 2. The monoisotopic (exact) mass is 561 g/mol. The van der Waals surface area contributed by atoms with Crippen LogP contribution in [0.15, 0.2) is 85.5 Å². The number of aliphatic carboxylic acids is 1. The first-order valence-electron chi connectivity index (χ1n) is 12.6. The molecule has 0 unspecified atom stereocenters. The molecule has 0 bridgehead atoms. The maximum absolute atomic E-state index is 13.7. The Morgan fingerprint density at radius 2 is 1.73 bits per heavy atom. The number of carbonyl (C=O) groups is 2. The van der Waals surface area contributed by atoms with E-state index in [1.165, 1.54) is 43.0 Å². The molecule has 2 N–H and O–H groups in total. The second-order valence-corrected chi connectivity index (χ2v) is 10.5. The second kappa shape index (κ2) is 12.7. The lowest BCUT2D eigenvalue weighted by molar-refractivity contribution is -0.143. The molecule has 0 radical (unpaired) electrons. The van der Waals surface area contributed by atoms with E-state index in [2.05, 4.69) is 10.3 Å². The van der Waals surface area contributed by atoms with Crippen LogP contribution in [0, 0.1) is 11.6 Å². The predicted molar refractivity (Wildman–Crippen MR) is 155 cm³/mol. The lowest BCUT2D eigenvalue weighted by atomic mass is 9.93. The Labute approximate surface area is 235 Å². The number of carboxylic acids is 1. The van der Waals surface area contributed by atoms with Gasteiger partial charge in [-0.3, -0.25) is 4.79 Å². The number of nitrogens with one attached hydrogen (secondary N) is 1. The molecule has 1 heterocycles. The number of carboxylic acid groups (broad SMARTS) is 1. The molecule has 9 heteroatoms. The fraction of sp³-hybridized carbons (Fsp3) is 0.194. The molecule has 0 fully saturated rings. The van der Waals surface area contributed by atoms with Crippen LogP contribution in [0.5, 0.6) is 0 Å². The van der Waals surface area contributed by atoms with Gasteiger partial charge in [0.05, 0.1) is 6.33 Å². The van der Waals surface area contributed by atoms with Crippen LogP contribution < -0.4 is 5.32 Å². The normalized spacial score (nSPS) is 13.1.